The van der Waals surface area contributed by atoms with Crippen molar-refractivity contribution in [1.82, 2.24) is 5.32 Å². The van der Waals surface area contributed by atoms with Crippen LogP contribution < -0.4 is 11.1 Å². The molecule has 0 rings (SSSR count). The minimum Gasteiger partial charge on any atom is -0.387 e. The van der Waals surface area contributed by atoms with Crippen molar-refractivity contribution in [2.24, 2.45) is 5.73 Å². The SMILES string of the molecule is CCCCCCC/C=C\CCCCCCCC(=O)NC(COP(=O)(O)OCCN)C(O)/C=C/CCCCCCCCCCCCCCCCCC. The van der Waals surface area contributed by atoms with E-state index in [2.05, 4.69) is 31.3 Å². The van der Waals surface area contributed by atoms with E-state index in [1.54, 1.807) is 6.08 Å². The zero-order valence-corrected chi connectivity index (χ0v) is 34.2. The van der Waals surface area contributed by atoms with Gasteiger partial charge in [-0.15, -0.1) is 0 Å². The fraction of sp³-hybridized carbons (Fsp3) is 0.881. The second-order valence-electron chi connectivity index (χ2n) is 14.6. The fourth-order valence-corrected chi connectivity index (χ4v) is 7.00. The Bertz CT molecular complexity index is 855. The quantitative estimate of drug-likeness (QED) is 0.0279. The highest BCUT2D eigenvalue weighted by atomic mass is 31.2. The number of phosphoric ester groups is 1. The van der Waals surface area contributed by atoms with Crippen LogP contribution in [0.2, 0.25) is 0 Å². The highest BCUT2D eigenvalue weighted by Crippen LogP contribution is 2.43. The van der Waals surface area contributed by atoms with Gasteiger partial charge in [0.05, 0.1) is 25.4 Å². The Hall–Kier alpha value is -1.02. The molecule has 0 fully saturated rings. The van der Waals surface area contributed by atoms with Crippen molar-refractivity contribution in [2.45, 2.75) is 219 Å². The number of rotatable bonds is 40. The average Bonchev–Trinajstić information content (AvgIpc) is 3.12. The maximum absolute atomic E-state index is 12.7. The molecule has 3 atom stereocenters. The van der Waals surface area contributed by atoms with Crippen LogP contribution in [0.3, 0.4) is 0 Å². The van der Waals surface area contributed by atoms with Crippen LogP contribution in [0.15, 0.2) is 24.3 Å². The summed E-state index contributed by atoms with van der Waals surface area (Å²) < 4.78 is 22.1. The first kappa shape index (κ1) is 50.0. The molecule has 0 saturated carbocycles. The molecule has 51 heavy (non-hydrogen) atoms. The van der Waals surface area contributed by atoms with Crippen molar-refractivity contribution in [3.63, 3.8) is 0 Å². The Labute approximate surface area is 315 Å². The van der Waals surface area contributed by atoms with Gasteiger partial charge in [0.15, 0.2) is 0 Å². The van der Waals surface area contributed by atoms with E-state index >= 15 is 0 Å². The lowest BCUT2D eigenvalue weighted by atomic mass is 10.0. The summed E-state index contributed by atoms with van der Waals surface area (Å²) in [5.41, 5.74) is 5.37. The van der Waals surface area contributed by atoms with Crippen LogP contribution in [-0.2, 0) is 18.4 Å². The number of aliphatic hydroxyl groups is 1. The van der Waals surface area contributed by atoms with Crippen molar-refractivity contribution in [3.05, 3.63) is 24.3 Å². The third kappa shape index (κ3) is 37.1. The first-order valence-corrected chi connectivity index (χ1v) is 23.0. The van der Waals surface area contributed by atoms with Crippen molar-refractivity contribution in [3.8, 4) is 0 Å². The van der Waals surface area contributed by atoms with Gasteiger partial charge >= 0.3 is 7.82 Å². The molecule has 8 nitrogen and oxygen atoms in total. The number of nitrogens with one attached hydrogen (secondary N) is 1. The van der Waals surface area contributed by atoms with Gasteiger partial charge in [-0.1, -0.05) is 179 Å². The van der Waals surface area contributed by atoms with Crippen molar-refractivity contribution in [1.29, 1.82) is 0 Å². The minimum atomic E-state index is -4.34. The van der Waals surface area contributed by atoms with Gasteiger partial charge in [-0.05, 0) is 44.9 Å². The van der Waals surface area contributed by atoms with Crippen LogP contribution in [0.25, 0.3) is 0 Å². The van der Waals surface area contributed by atoms with Crippen LogP contribution in [-0.4, -0.2) is 47.8 Å². The summed E-state index contributed by atoms with van der Waals surface area (Å²) in [6, 6.07) is -0.861. The number of aliphatic hydroxyl groups excluding tert-OH is 1. The number of carbonyl (C=O) groups is 1. The molecule has 0 aliphatic rings. The molecule has 0 aromatic carbocycles. The monoisotopic (exact) mass is 743 g/mol. The molecule has 0 aromatic rings. The second kappa shape index (κ2) is 38.7. The van der Waals surface area contributed by atoms with E-state index in [9.17, 15) is 19.4 Å². The van der Waals surface area contributed by atoms with Crippen molar-refractivity contribution >= 4 is 13.7 Å². The zero-order valence-electron chi connectivity index (χ0n) is 33.4. The van der Waals surface area contributed by atoms with Gasteiger partial charge in [0, 0.05) is 13.0 Å². The summed E-state index contributed by atoms with van der Waals surface area (Å²) in [4.78, 5) is 22.7. The molecule has 0 saturated heterocycles. The summed E-state index contributed by atoms with van der Waals surface area (Å²) in [5, 5.41) is 13.7. The Kier molecular flexibility index (Phi) is 37.9. The largest absolute Gasteiger partial charge is 0.472 e. The van der Waals surface area contributed by atoms with E-state index in [1.807, 2.05) is 6.08 Å². The molecule has 0 radical (unpaired) electrons. The molecule has 0 spiro atoms. The molecule has 0 aliphatic carbocycles. The molecule has 0 heterocycles. The molecule has 1 amide bonds. The van der Waals surface area contributed by atoms with E-state index in [0.717, 1.165) is 51.4 Å². The summed E-state index contributed by atoms with van der Waals surface area (Å²) in [7, 11) is -4.34. The lowest BCUT2D eigenvalue weighted by Crippen LogP contribution is -2.45. The third-order valence-corrected chi connectivity index (χ3v) is 10.5. The Morgan fingerprint density at radius 2 is 1.02 bits per heavy atom. The molecule has 0 bridgehead atoms. The summed E-state index contributed by atoms with van der Waals surface area (Å²) in [5.74, 6) is -0.202. The maximum atomic E-state index is 12.7. The van der Waals surface area contributed by atoms with Gasteiger partial charge in [-0.25, -0.2) is 4.57 Å². The number of nitrogens with two attached hydrogens (primary N) is 1. The van der Waals surface area contributed by atoms with Gasteiger partial charge in [-0.2, -0.15) is 0 Å². The topological polar surface area (TPSA) is 131 Å². The second-order valence-corrected chi connectivity index (χ2v) is 16.0. The molecule has 0 aromatic heterocycles. The van der Waals surface area contributed by atoms with E-state index in [4.69, 9.17) is 14.8 Å². The predicted octanol–water partition coefficient (Wildman–Crippen LogP) is 11.8. The normalized spacial score (nSPS) is 14.4. The summed E-state index contributed by atoms with van der Waals surface area (Å²) in [6.07, 6.45) is 43.6. The Morgan fingerprint density at radius 3 is 1.45 bits per heavy atom. The lowest BCUT2D eigenvalue weighted by molar-refractivity contribution is -0.123. The fourth-order valence-electron chi connectivity index (χ4n) is 6.24. The standard InChI is InChI=1S/C42H83N2O6P/c1-3-5-7-9-11-13-15-17-19-20-21-22-23-25-27-29-31-33-35-41(45)40(39-50-51(47,48)49-38-37-43)44-42(46)36-34-32-30-28-26-24-18-16-14-12-10-8-6-4-2/h16,18,33,35,40-41,45H,3-15,17,19-32,34,36-39,43H2,1-2H3,(H,44,46)(H,47,48)/b18-16-,35-33+. The number of phosphoric acid groups is 1. The number of amides is 1. The molecule has 5 N–H and O–H groups in total. The van der Waals surface area contributed by atoms with E-state index in [1.165, 1.54) is 135 Å². The van der Waals surface area contributed by atoms with E-state index in [0.29, 0.717) is 6.42 Å². The maximum Gasteiger partial charge on any atom is 0.472 e. The van der Waals surface area contributed by atoms with Crippen LogP contribution >= 0.6 is 7.82 Å². The average molecular weight is 743 g/mol. The first-order chi connectivity index (χ1) is 24.9. The van der Waals surface area contributed by atoms with Crippen LogP contribution in [0.5, 0.6) is 0 Å². The molecule has 0 aliphatic heterocycles. The highest BCUT2D eigenvalue weighted by Gasteiger charge is 2.26. The predicted molar refractivity (Wildman–Crippen MR) is 217 cm³/mol. The van der Waals surface area contributed by atoms with Gasteiger partial charge in [0.25, 0.3) is 0 Å². The van der Waals surface area contributed by atoms with Crippen LogP contribution in [0, 0.1) is 0 Å². The first-order valence-electron chi connectivity index (χ1n) is 21.5. The van der Waals surface area contributed by atoms with Gasteiger partial charge in [-0.3, -0.25) is 13.8 Å². The van der Waals surface area contributed by atoms with Crippen LogP contribution in [0.4, 0.5) is 0 Å². The van der Waals surface area contributed by atoms with Gasteiger partial charge in [0.1, 0.15) is 0 Å². The van der Waals surface area contributed by atoms with E-state index in [-0.39, 0.29) is 25.7 Å². The zero-order chi connectivity index (χ0) is 37.5. The molecule has 302 valence electrons. The number of carbonyl (C=O) groups excluding carboxylic acids is 1. The highest BCUT2D eigenvalue weighted by molar-refractivity contribution is 7.47. The van der Waals surface area contributed by atoms with Gasteiger partial charge in [0.2, 0.25) is 5.91 Å². The number of allylic oxidation sites excluding steroid dienone is 3. The number of hydrogen-bond acceptors (Lipinski definition) is 6. The smallest absolute Gasteiger partial charge is 0.387 e. The number of unbranched alkanes of at least 4 members (excludes halogenated alkanes) is 26. The van der Waals surface area contributed by atoms with Gasteiger partial charge < -0.3 is 21.1 Å². The Morgan fingerprint density at radius 1 is 0.627 bits per heavy atom. The Balaban J connectivity index is 4.23. The van der Waals surface area contributed by atoms with Crippen molar-refractivity contribution in [2.75, 3.05) is 19.8 Å². The number of hydrogen-bond donors (Lipinski definition) is 4. The van der Waals surface area contributed by atoms with Crippen LogP contribution in [0.1, 0.15) is 206 Å². The molecule has 9 heteroatoms. The minimum absolute atomic E-state index is 0.0781. The summed E-state index contributed by atoms with van der Waals surface area (Å²) in [6.45, 7) is 4.13. The van der Waals surface area contributed by atoms with E-state index < -0.39 is 20.0 Å². The summed E-state index contributed by atoms with van der Waals surface area (Å²) >= 11 is 0. The molecular weight excluding hydrogens is 659 g/mol. The lowest BCUT2D eigenvalue weighted by Gasteiger charge is -2.23. The molecule has 3 unspecified atom stereocenters. The third-order valence-electron chi connectivity index (χ3n) is 9.52. The van der Waals surface area contributed by atoms with Crippen molar-refractivity contribution < 1.29 is 28.4 Å². The molecular formula is C42H83N2O6P.